The van der Waals surface area contributed by atoms with E-state index in [0.717, 1.165) is 128 Å². The van der Waals surface area contributed by atoms with Crippen LogP contribution in [0.3, 0.4) is 0 Å². The van der Waals surface area contributed by atoms with E-state index >= 15 is 0 Å². The minimum Gasteiger partial charge on any atom is -0.462 e. The summed E-state index contributed by atoms with van der Waals surface area (Å²) >= 11 is 0. The molecule has 0 bridgehead atoms. The number of allylic oxidation sites excluding steroid dienone is 24. The second-order valence-corrected chi connectivity index (χ2v) is 22.3. The van der Waals surface area contributed by atoms with Gasteiger partial charge in [0.1, 0.15) is 13.2 Å². The summed E-state index contributed by atoms with van der Waals surface area (Å²) in [6, 6.07) is 0. The molecule has 0 aliphatic rings. The third-order valence-corrected chi connectivity index (χ3v) is 14.3. The summed E-state index contributed by atoms with van der Waals surface area (Å²) in [5.74, 6) is -0.967. The van der Waals surface area contributed by atoms with Crippen LogP contribution in [-0.2, 0) is 28.6 Å². The SMILES string of the molecule is CC/C=C\C/C=C\C/C=C\C/C=C\C/C=C\C/C=C\C/C=C\CCCCCCCCCC(=O)OCC(COC(=O)CCC/C=C\C/C=C\C/C=C\C/C=C\C/C=C\CC)OC(=O)CCCCCCCCCCCCCCCCCCCCC. The van der Waals surface area contributed by atoms with E-state index in [-0.39, 0.29) is 37.5 Å². The molecule has 0 rings (SSSR count). The highest BCUT2D eigenvalue weighted by atomic mass is 16.6. The number of unbranched alkanes of at least 4 members (excludes halogenated alkanes) is 26. The Hall–Kier alpha value is -4.71. The molecule has 6 nitrogen and oxygen atoms in total. The predicted molar refractivity (Wildman–Crippen MR) is 362 cm³/mol. The Balaban J connectivity index is 4.43. The molecule has 6 heteroatoms. The first-order valence-corrected chi connectivity index (χ1v) is 34.3. The third kappa shape index (κ3) is 68.0. The van der Waals surface area contributed by atoms with Gasteiger partial charge in [0.2, 0.25) is 0 Å². The fourth-order valence-electron chi connectivity index (χ4n) is 9.28. The minimum absolute atomic E-state index is 0.104. The van der Waals surface area contributed by atoms with Crippen molar-refractivity contribution in [2.75, 3.05) is 13.2 Å². The first-order valence-electron chi connectivity index (χ1n) is 34.3. The lowest BCUT2D eigenvalue weighted by atomic mass is 10.0. The lowest BCUT2D eigenvalue weighted by Gasteiger charge is -2.18. The third-order valence-electron chi connectivity index (χ3n) is 14.3. The van der Waals surface area contributed by atoms with E-state index in [0.29, 0.717) is 19.3 Å². The zero-order valence-corrected chi connectivity index (χ0v) is 53.9. The average molecular weight is 1150 g/mol. The molecule has 0 amide bonds. The van der Waals surface area contributed by atoms with Gasteiger partial charge < -0.3 is 14.2 Å². The number of ether oxygens (including phenoxy) is 3. The van der Waals surface area contributed by atoms with Crippen LogP contribution < -0.4 is 0 Å². The Morgan fingerprint density at radius 2 is 0.482 bits per heavy atom. The molecular formula is C77H126O6. The van der Waals surface area contributed by atoms with E-state index in [1.807, 2.05) is 0 Å². The van der Waals surface area contributed by atoms with Crippen molar-refractivity contribution < 1.29 is 28.6 Å². The molecule has 83 heavy (non-hydrogen) atoms. The van der Waals surface area contributed by atoms with Crippen LogP contribution in [0, 0.1) is 0 Å². The van der Waals surface area contributed by atoms with Gasteiger partial charge >= 0.3 is 17.9 Å². The lowest BCUT2D eigenvalue weighted by molar-refractivity contribution is -0.167. The standard InChI is InChI=1S/C77H126O6/c1-4-7-10-13-16-19-22-25-28-31-33-34-35-36-37-38-39-40-41-42-44-46-49-52-55-58-61-64-67-70-76(79)82-73-74(72-81-75(78)69-66-63-60-57-54-51-48-45-30-27-24-21-18-15-12-9-6-3)83-77(80)71-68-65-62-59-56-53-50-47-43-32-29-26-23-20-17-14-11-8-5-2/h7,9-10,12,16,18-19,21,25,27-28,30,33-34,36-37,39-40,42,44,48,51,57,60,74H,4-6,8,11,13-15,17,20,22-24,26,29,31-32,35,38,41,43,45-47,49-50,52-56,58-59,61-73H2,1-3H3/b10-7-,12-9-,19-16-,21-18-,28-25-,30-27-,34-33-,37-36-,40-39-,44-42-,51-48-,60-57-. The van der Waals surface area contributed by atoms with E-state index in [9.17, 15) is 14.4 Å². The van der Waals surface area contributed by atoms with E-state index in [4.69, 9.17) is 14.2 Å². The van der Waals surface area contributed by atoms with Crippen LogP contribution in [0.4, 0.5) is 0 Å². The summed E-state index contributed by atoms with van der Waals surface area (Å²) in [5, 5.41) is 0. The molecule has 0 heterocycles. The molecule has 1 unspecified atom stereocenters. The molecule has 0 spiro atoms. The number of rotatable bonds is 61. The number of hydrogen-bond donors (Lipinski definition) is 0. The van der Waals surface area contributed by atoms with Crippen LogP contribution in [0.15, 0.2) is 146 Å². The Morgan fingerprint density at radius 1 is 0.253 bits per heavy atom. The fourth-order valence-corrected chi connectivity index (χ4v) is 9.28. The zero-order chi connectivity index (χ0) is 59.9. The maximum atomic E-state index is 12.9. The van der Waals surface area contributed by atoms with Crippen LogP contribution in [0.1, 0.15) is 303 Å². The van der Waals surface area contributed by atoms with E-state index in [2.05, 4.69) is 167 Å². The van der Waals surface area contributed by atoms with Gasteiger partial charge in [-0.2, -0.15) is 0 Å². The quantitative estimate of drug-likeness (QED) is 0.0261. The summed E-state index contributed by atoms with van der Waals surface area (Å²) in [4.78, 5) is 38.4. The molecule has 0 saturated carbocycles. The molecule has 0 saturated heterocycles. The lowest BCUT2D eigenvalue weighted by Crippen LogP contribution is -2.30. The van der Waals surface area contributed by atoms with E-state index in [1.54, 1.807) is 0 Å². The van der Waals surface area contributed by atoms with Gasteiger partial charge in [0.05, 0.1) is 0 Å². The summed E-state index contributed by atoms with van der Waals surface area (Å²) in [6.45, 7) is 6.38. The van der Waals surface area contributed by atoms with Gasteiger partial charge in [-0.3, -0.25) is 14.4 Å². The predicted octanol–water partition coefficient (Wildman–Crippen LogP) is 23.9. The summed E-state index contributed by atoms with van der Waals surface area (Å²) < 4.78 is 16.9. The van der Waals surface area contributed by atoms with Crippen LogP contribution in [0.5, 0.6) is 0 Å². The molecule has 0 aliphatic heterocycles. The molecule has 0 fully saturated rings. The van der Waals surface area contributed by atoms with Crippen molar-refractivity contribution >= 4 is 17.9 Å². The largest absolute Gasteiger partial charge is 0.462 e. The normalized spacial score (nSPS) is 13.0. The first-order chi connectivity index (χ1) is 41.0. The number of carbonyl (C=O) groups is 3. The second-order valence-electron chi connectivity index (χ2n) is 22.3. The summed E-state index contributed by atoms with van der Waals surface area (Å²) in [7, 11) is 0. The van der Waals surface area contributed by atoms with Gasteiger partial charge in [-0.1, -0.05) is 314 Å². The van der Waals surface area contributed by atoms with Crippen molar-refractivity contribution in [1.82, 2.24) is 0 Å². The Kier molecular flexibility index (Phi) is 65.8. The summed E-state index contributed by atoms with van der Waals surface area (Å²) in [6.07, 6.45) is 100. The molecule has 0 radical (unpaired) electrons. The maximum absolute atomic E-state index is 12.9. The highest BCUT2D eigenvalue weighted by Gasteiger charge is 2.19. The summed E-state index contributed by atoms with van der Waals surface area (Å²) in [5.41, 5.74) is 0. The second kappa shape index (κ2) is 69.8. The molecule has 0 aromatic heterocycles. The average Bonchev–Trinajstić information content (AvgIpc) is 3.49. The van der Waals surface area contributed by atoms with Crippen LogP contribution in [0.2, 0.25) is 0 Å². The molecule has 0 N–H and O–H groups in total. The maximum Gasteiger partial charge on any atom is 0.306 e. The van der Waals surface area contributed by atoms with Gasteiger partial charge in [-0.05, 0) is 116 Å². The first kappa shape index (κ1) is 78.3. The Morgan fingerprint density at radius 3 is 0.783 bits per heavy atom. The van der Waals surface area contributed by atoms with Crippen LogP contribution >= 0.6 is 0 Å². The van der Waals surface area contributed by atoms with Crippen molar-refractivity contribution in [2.24, 2.45) is 0 Å². The van der Waals surface area contributed by atoms with Gasteiger partial charge in [0, 0.05) is 19.3 Å². The molecule has 0 aromatic carbocycles. The van der Waals surface area contributed by atoms with Crippen molar-refractivity contribution in [3.05, 3.63) is 146 Å². The number of esters is 3. The van der Waals surface area contributed by atoms with Crippen molar-refractivity contribution in [3.63, 3.8) is 0 Å². The smallest absolute Gasteiger partial charge is 0.306 e. The fraction of sp³-hybridized carbons (Fsp3) is 0.649. The Labute approximate surface area is 512 Å². The minimum atomic E-state index is -0.812. The van der Waals surface area contributed by atoms with Gasteiger partial charge in [0.25, 0.3) is 0 Å². The van der Waals surface area contributed by atoms with E-state index < -0.39 is 6.10 Å². The Bertz CT molecular complexity index is 1800. The van der Waals surface area contributed by atoms with Gasteiger partial charge in [-0.25, -0.2) is 0 Å². The van der Waals surface area contributed by atoms with Crippen LogP contribution in [0.25, 0.3) is 0 Å². The molecule has 470 valence electrons. The van der Waals surface area contributed by atoms with Crippen molar-refractivity contribution in [3.8, 4) is 0 Å². The van der Waals surface area contributed by atoms with Crippen LogP contribution in [-0.4, -0.2) is 37.2 Å². The highest BCUT2D eigenvalue weighted by molar-refractivity contribution is 5.71. The molecule has 1 atom stereocenters. The van der Waals surface area contributed by atoms with Crippen molar-refractivity contribution in [2.45, 2.75) is 309 Å². The molecular weight excluding hydrogens is 1020 g/mol. The number of hydrogen-bond acceptors (Lipinski definition) is 6. The van der Waals surface area contributed by atoms with Gasteiger partial charge in [0.15, 0.2) is 6.10 Å². The monoisotopic (exact) mass is 1150 g/mol. The number of carbonyl (C=O) groups excluding carboxylic acids is 3. The van der Waals surface area contributed by atoms with Gasteiger partial charge in [-0.15, -0.1) is 0 Å². The van der Waals surface area contributed by atoms with Crippen molar-refractivity contribution in [1.29, 1.82) is 0 Å². The molecule has 0 aromatic rings. The molecule has 0 aliphatic carbocycles. The highest BCUT2D eigenvalue weighted by Crippen LogP contribution is 2.16. The zero-order valence-electron chi connectivity index (χ0n) is 53.9. The topological polar surface area (TPSA) is 78.9 Å². The van der Waals surface area contributed by atoms with E-state index in [1.165, 1.54) is 128 Å².